The number of aryl methyl sites for hydroxylation is 1. The van der Waals surface area contributed by atoms with Crippen LogP contribution in [-0.4, -0.2) is 44.3 Å². The van der Waals surface area contributed by atoms with Gasteiger partial charge in [0.1, 0.15) is 12.1 Å². The van der Waals surface area contributed by atoms with Gasteiger partial charge in [0.15, 0.2) is 5.16 Å². The lowest BCUT2D eigenvalue weighted by atomic mass is 9.80. The van der Waals surface area contributed by atoms with Crippen molar-refractivity contribution < 1.29 is 14.8 Å². The standard InChI is InChI=1S/C11H14BN3O3S/c1-15-8-13-14-11(15)19-6-5-18-10-4-2-3-9(7-10)12(16)17/h2-4,7-8,16-17H,5-6H2,1H3. The van der Waals surface area contributed by atoms with Crippen molar-refractivity contribution >= 4 is 24.3 Å². The molecule has 0 saturated carbocycles. The fourth-order valence-corrected chi connectivity index (χ4v) is 2.17. The van der Waals surface area contributed by atoms with E-state index in [2.05, 4.69) is 10.2 Å². The zero-order valence-corrected chi connectivity index (χ0v) is 11.2. The summed E-state index contributed by atoms with van der Waals surface area (Å²) < 4.78 is 7.38. The fraction of sp³-hybridized carbons (Fsp3) is 0.273. The predicted octanol–water partition coefficient (Wildman–Crippen LogP) is -0.334. The molecule has 1 heterocycles. The third kappa shape index (κ3) is 3.98. The van der Waals surface area contributed by atoms with Gasteiger partial charge in [0.05, 0.1) is 6.61 Å². The Bertz CT molecular complexity index is 535. The number of rotatable bonds is 6. The molecule has 0 unspecified atom stereocenters. The first-order valence-electron chi connectivity index (χ1n) is 5.72. The SMILES string of the molecule is Cn1cnnc1SCCOc1cccc(B(O)O)c1. The highest BCUT2D eigenvalue weighted by molar-refractivity contribution is 7.99. The molecule has 0 radical (unpaired) electrons. The van der Waals surface area contributed by atoms with Crippen molar-refractivity contribution in [3.8, 4) is 5.75 Å². The first kappa shape index (κ1) is 13.9. The van der Waals surface area contributed by atoms with Crippen LogP contribution in [0.15, 0.2) is 35.7 Å². The van der Waals surface area contributed by atoms with Crippen LogP contribution in [0.25, 0.3) is 0 Å². The van der Waals surface area contributed by atoms with Gasteiger partial charge in [0.2, 0.25) is 0 Å². The Morgan fingerprint density at radius 1 is 1.42 bits per heavy atom. The van der Waals surface area contributed by atoms with E-state index in [9.17, 15) is 0 Å². The van der Waals surface area contributed by atoms with E-state index < -0.39 is 7.12 Å². The number of ether oxygens (including phenoxy) is 1. The summed E-state index contributed by atoms with van der Waals surface area (Å²) in [5.74, 6) is 1.35. The van der Waals surface area contributed by atoms with Crippen molar-refractivity contribution in [1.82, 2.24) is 14.8 Å². The Balaban J connectivity index is 1.79. The average Bonchev–Trinajstić information content (AvgIpc) is 2.81. The van der Waals surface area contributed by atoms with Crippen molar-refractivity contribution in [3.63, 3.8) is 0 Å². The minimum atomic E-state index is -1.48. The van der Waals surface area contributed by atoms with E-state index in [1.54, 1.807) is 42.4 Å². The van der Waals surface area contributed by atoms with Crippen molar-refractivity contribution in [2.75, 3.05) is 12.4 Å². The monoisotopic (exact) mass is 279 g/mol. The maximum atomic E-state index is 9.05. The average molecular weight is 279 g/mol. The second kappa shape index (κ2) is 6.60. The predicted molar refractivity (Wildman–Crippen MR) is 73.5 cm³/mol. The van der Waals surface area contributed by atoms with Gasteiger partial charge in [0.25, 0.3) is 0 Å². The summed E-state index contributed by atoms with van der Waals surface area (Å²) in [5, 5.41) is 26.7. The molecule has 0 spiro atoms. The highest BCUT2D eigenvalue weighted by Crippen LogP contribution is 2.14. The van der Waals surface area contributed by atoms with E-state index in [1.165, 1.54) is 0 Å². The van der Waals surface area contributed by atoms with Crippen LogP contribution in [-0.2, 0) is 7.05 Å². The Hall–Kier alpha value is -1.51. The zero-order chi connectivity index (χ0) is 13.7. The smallest absolute Gasteiger partial charge is 0.488 e. The Labute approximate surface area is 115 Å². The van der Waals surface area contributed by atoms with Crippen LogP contribution < -0.4 is 10.2 Å². The summed E-state index contributed by atoms with van der Waals surface area (Å²) in [7, 11) is 0.409. The van der Waals surface area contributed by atoms with Gasteiger partial charge in [-0.2, -0.15) is 0 Å². The number of aromatic nitrogens is 3. The summed E-state index contributed by atoms with van der Waals surface area (Å²) in [4.78, 5) is 0. The first-order valence-corrected chi connectivity index (χ1v) is 6.71. The van der Waals surface area contributed by atoms with Gasteiger partial charge in [-0.1, -0.05) is 23.9 Å². The quantitative estimate of drug-likeness (QED) is 0.428. The Kier molecular flexibility index (Phi) is 4.83. The molecule has 0 saturated heterocycles. The van der Waals surface area contributed by atoms with Crippen LogP contribution in [0.4, 0.5) is 0 Å². The summed E-state index contributed by atoms with van der Waals surface area (Å²) in [5.41, 5.74) is 0.415. The molecule has 100 valence electrons. The minimum absolute atomic E-state index is 0.415. The summed E-state index contributed by atoms with van der Waals surface area (Å²) in [6.07, 6.45) is 1.65. The second-order valence-electron chi connectivity index (χ2n) is 3.87. The molecule has 0 aliphatic rings. The van der Waals surface area contributed by atoms with E-state index in [4.69, 9.17) is 14.8 Å². The minimum Gasteiger partial charge on any atom is -0.493 e. The number of hydrogen-bond donors (Lipinski definition) is 2. The van der Waals surface area contributed by atoms with Crippen molar-refractivity contribution in [2.45, 2.75) is 5.16 Å². The Morgan fingerprint density at radius 2 is 2.26 bits per heavy atom. The number of nitrogens with zero attached hydrogens (tertiary/aromatic N) is 3. The van der Waals surface area contributed by atoms with Crippen LogP contribution >= 0.6 is 11.8 Å². The molecule has 0 amide bonds. The van der Waals surface area contributed by atoms with Crippen LogP contribution in [0, 0.1) is 0 Å². The number of thioether (sulfide) groups is 1. The highest BCUT2D eigenvalue weighted by atomic mass is 32.2. The van der Waals surface area contributed by atoms with E-state index in [-0.39, 0.29) is 0 Å². The van der Waals surface area contributed by atoms with Gasteiger partial charge in [-0.05, 0) is 17.6 Å². The zero-order valence-electron chi connectivity index (χ0n) is 10.4. The van der Waals surface area contributed by atoms with Crippen molar-refractivity contribution in [2.24, 2.45) is 7.05 Å². The van der Waals surface area contributed by atoms with Crippen LogP contribution in [0.5, 0.6) is 5.75 Å². The van der Waals surface area contributed by atoms with Gasteiger partial charge in [0, 0.05) is 12.8 Å². The Morgan fingerprint density at radius 3 is 2.95 bits per heavy atom. The normalized spacial score (nSPS) is 10.5. The molecular formula is C11H14BN3O3S. The molecule has 1 aromatic carbocycles. The molecule has 0 atom stereocenters. The number of benzene rings is 1. The molecular weight excluding hydrogens is 265 g/mol. The van der Waals surface area contributed by atoms with Crippen molar-refractivity contribution in [1.29, 1.82) is 0 Å². The van der Waals surface area contributed by atoms with Gasteiger partial charge in [-0.15, -0.1) is 10.2 Å². The van der Waals surface area contributed by atoms with E-state index in [0.717, 1.165) is 10.9 Å². The molecule has 0 bridgehead atoms. The lowest BCUT2D eigenvalue weighted by Crippen LogP contribution is -2.29. The molecule has 19 heavy (non-hydrogen) atoms. The van der Waals surface area contributed by atoms with Crippen LogP contribution in [0.2, 0.25) is 0 Å². The highest BCUT2D eigenvalue weighted by Gasteiger charge is 2.11. The van der Waals surface area contributed by atoms with Crippen LogP contribution in [0.3, 0.4) is 0 Å². The van der Waals surface area contributed by atoms with Gasteiger partial charge in [-0.25, -0.2) is 0 Å². The maximum absolute atomic E-state index is 9.05. The van der Waals surface area contributed by atoms with Crippen molar-refractivity contribution in [3.05, 3.63) is 30.6 Å². The molecule has 6 nitrogen and oxygen atoms in total. The lowest BCUT2D eigenvalue weighted by molar-refractivity contribution is 0.343. The molecule has 0 fully saturated rings. The molecule has 0 aliphatic heterocycles. The molecule has 2 N–H and O–H groups in total. The molecule has 2 aromatic rings. The van der Waals surface area contributed by atoms with Gasteiger partial charge < -0.3 is 19.4 Å². The largest absolute Gasteiger partial charge is 0.493 e. The van der Waals surface area contributed by atoms with Gasteiger partial charge >= 0.3 is 7.12 Å². The lowest BCUT2D eigenvalue weighted by Gasteiger charge is -2.07. The summed E-state index contributed by atoms with van der Waals surface area (Å²) in [6, 6.07) is 6.74. The third-order valence-electron chi connectivity index (χ3n) is 2.41. The molecule has 2 rings (SSSR count). The maximum Gasteiger partial charge on any atom is 0.488 e. The third-order valence-corrected chi connectivity index (χ3v) is 3.41. The topological polar surface area (TPSA) is 80.4 Å². The second-order valence-corrected chi connectivity index (χ2v) is 4.93. The fourth-order valence-electron chi connectivity index (χ4n) is 1.46. The molecule has 1 aromatic heterocycles. The molecule has 8 heteroatoms. The first-order chi connectivity index (χ1) is 9.16. The van der Waals surface area contributed by atoms with E-state index >= 15 is 0 Å². The van der Waals surface area contributed by atoms with Crippen LogP contribution in [0.1, 0.15) is 0 Å². The number of hydrogen-bond acceptors (Lipinski definition) is 6. The van der Waals surface area contributed by atoms with Gasteiger partial charge in [-0.3, -0.25) is 0 Å². The molecule has 0 aliphatic carbocycles. The summed E-state index contributed by atoms with van der Waals surface area (Å²) in [6.45, 7) is 0.502. The van der Waals surface area contributed by atoms with E-state index in [0.29, 0.717) is 17.8 Å². The van der Waals surface area contributed by atoms with E-state index in [1.807, 2.05) is 11.6 Å². The summed E-state index contributed by atoms with van der Waals surface area (Å²) >= 11 is 1.55.